The van der Waals surface area contributed by atoms with Crippen LogP contribution in [0.4, 0.5) is 10.1 Å². The molecular weight excluding hydrogens is 403 g/mol. The molecule has 1 saturated heterocycles. The van der Waals surface area contributed by atoms with Gasteiger partial charge in [0.1, 0.15) is 5.82 Å². The van der Waals surface area contributed by atoms with Crippen molar-refractivity contribution in [2.45, 2.75) is 25.5 Å². The van der Waals surface area contributed by atoms with E-state index in [1.54, 1.807) is 18.2 Å². The van der Waals surface area contributed by atoms with Crippen molar-refractivity contribution in [1.82, 2.24) is 4.31 Å². The number of sulfonamides is 1. The summed E-state index contributed by atoms with van der Waals surface area (Å²) in [5.74, 6) is -0.925. The average Bonchev–Trinajstić information content (AvgIpc) is 2.66. The van der Waals surface area contributed by atoms with Gasteiger partial charge in [0.25, 0.3) is 0 Å². The third-order valence-corrected chi connectivity index (χ3v) is 7.01. The second-order valence-electron chi connectivity index (χ2n) is 7.00. The lowest BCUT2D eigenvalue weighted by Crippen LogP contribution is -2.41. The van der Waals surface area contributed by atoms with Crippen LogP contribution in [0.25, 0.3) is 0 Å². The Balaban J connectivity index is 1.57. The molecule has 1 amide bonds. The number of nitrogens with zero attached hydrogens (tertiary/aromatic N) is 1. The van der Waals surface area contributed by atoms with Gasteiger partial charge in [-0.15, -0.1) is 0 Å². The summed E-state index contributed by atoms with van der Waals surface area (Å²) >= 11 is 5.93. The van der Waals surface area contributed by atoms with Crippen molar-refractivity contribution in [1.29, 1.82) is 0 Å². The van der Waals surface area contributed by atoms with Crippen LogP contribution < -0.4 is 5.32 Å². The number of anilines is 1. The summed E-state index contributed by atoms with van der Waals surface area (Å²) in [6.45, 7) is 2.45. The van der Waals surface area contributed by atoms with Gasteiger partial charge >= 0.3 is 0 Å². The molecule has 5 nitrogen and oxygen atoms in total. The van der Waals surface area contributed by atoms with E-state index in [0.29, 0.717) is 42.2 Å². The Morgan fingerprint density at radius 1 is 1.18 bits per heavy atom. The minimum atomic E-state index is -3.50. The summed E-state index contributed by atoms with van der Waals surface area (Å²) in [7, 11) is -3.50. The summed E-state index contributed by atoms with van der Waals surface area (Å²) in [6.07, 6.45) is 0.919. The minimum Gasteiger partial charge on any atom is -0.326 e. The maximum absolute atomic E-state index is 13.0. The Kier molecular flexibility index (Phi) is 6.37. The monoisotopic (exact) mass is 424 g/mol. The van der Waals surface area contributed by atoms with Crippen molar-refractivity contribution in [2.75, 3.05) is 18.4 Å². The molecule has 28 heavy (non-hydrogen) atoms. The van der Waals surface area contributed by atoms with Gasteiger partial charge in [0.05, 0.1) is 5.75 Å². The van der Waals surface area contributed by atoms with E-state index >= 15 is 0 Å². The molecule has 0 atom stereocenters. The maximum Gasteiger partial charge on any atom is 0.227 e. The van der Waals surface area contributed by atoms with E-state index in [1.165, 1.54) is 28.6 Å². The summed E-state index contributed by atoms with van der Waals surface area (Å²) in [5, 5.41) is 3.51. The molecule has 0 aliphatic carbocycles. The Morgan fingerprint density at radius 3 is 2.43 bits per heavy atom. The van der Waals surface area contributed by atoms with Crippen LogP contribution in [-0.4, -0.2) is 31.7 Å². The second kappa shape index (κ2) is 8.59. The number of nitrogens with one attached hydrogen (secondary N) is 1. The Bertz CT molecular complexity index is 956. The SMILES string of the molecule is Cc1cc(Cl)ccc1NC(=O)C1CCN(S(=O)(=O)Cc2ccc(F)cc2)CC1. The first-order chi connectivity index (χ1) is 13.2. The molecule has 0 bridgehead atoms. The molecule has 1 fully saturated rings. The Morgan fingerprint density at radius 2 is 1.82 bits per heavy atom. The molecule has 1 N–H and O–H groups in total. The van der Waals surface area contributed by atoms with Crippen molar-refractivity contribution in [2.24, 2.45) is 5.92 Å². The number of aryl methyl sites for hydroxylation is 1. The first-order valence-corrected chi connectivity index (χ1v) is 11.0. The van der Waals surface area contributed by atoms with Gasteiger partial charge < -0.3 is 5.32 Å². The van der Waals surface area contributed by atoms with Crippen LogP contribution in [0, 0.1) is 18.7 Å². The minimum absolute atomic E-state index is 0.110. The molecular formula is C20H22ClFN2O3S. The third kappa shape index (κ3) is 5.10. The van der Waals surface area contributed by atoms with E-state index in [4.69, 9.17) is 11.6 Å². The maximum atomic E-state index is 13.0. The zero-order chi connectivity index (χ0) is 20.3. The van der Waals surface area contributed by atoms with Gasteiger partial charge in [-0.25, -0.2) is 17.1 Å². The van der Waals surface area contributed by atoms with Crippen LogP contribution in [-0.2, 0) is 20.6 Å². The van der Waals surface area contributed by atoms with E-state index in [1.807, 2.05) is 6.92 Å². The molecule has 3 rings (SSSR count). The molecule has 2 aromatic rings. The van der Waals surface area contributed by atoms with Crippen molar-refractivity contribution in [3.8, 4) is 0 Å². The first-order valence-electron chi connectivity index (χ1n) is 9.04. The number of halogens is 2. The van der Waals surface area contributed by atoms with E-state index < -0.39 is 15.8 Å². The molecule has 0 spiro atoms. The van der Waals surface area contributed by atoms with Gasteiger partial charge in [-0.2, -0.15) is 0 Å². The highest BCUT2D eigenvalue weighted by atomic mass is 35.5. The number of amides is 1. The van der Waals surface area contributed by atoms with Crippen LogP contribution in [0.15, 0.2) is 42.5 Å². The third-order valence-electron chi connectivity index (χ3n) is 4.93. The molecule has 0 aromatic heterocycles. The molecule has 1 aliphatic heterocycles. The molecule has 2 aromatic carbocycles. The van der Waals surface area contributed by atoms with Crippen molar-refractivity contribution >= 4 is 33.2 Å². The fourth-order valence-electron chi connectivity index (χ4n) is 3.28. The molecule has 0 unspecified atom stereocenters. The summed E-state index contributed by atoms with van der Waals surface area (Å²) in [4.78, 5) is 12.5. The lowest BCUT2D eigenvalue weighted by atomic mass is 9.97. The zero-order valence-electron chi connectivity index (χ0n) is 15.5. The number of piperidine rings is 1. The molecule has 150 valence electrons. The van der Waals surface area contributed by atoms with Gasteiger partial charge in [0.2, 0.25) is 15.9 Å². The predicted molar refractivity (Wildman–Crippen MR) is 108 cm³/mol. The lowest BCUT2D eigenvalue weighted by Gasteiger charge is -2.30. The first kappa shape index (κ1) is 20.8. The van der Waals surface area contributed by atoms with Crippen LogP contribution in [0.3, 0.4) is 0 Å². The number of carbonyl (C=O) groups excluding carboxylic acids is 1. The van der Waals surface area contributed by atoms with E-state index in [-0.39, 0.29) is 17.6 Å². The normalized spacial score (nSPS) is 16.1. The largest absolute Gasteiger partial charge is 0.326 e. The molecule has 1 aliphatic rings. The van der Waals surface area contributed by atoms with Crippen molar-refractivity contribution < 1.29 is 17.6 Å². The predicted octanol–water partition coefficient (Wildman–Crippen LogP) is 3.97. The van der Waals surface area contributed by atoms with Gasteiger partial charge in [-0.1, -0.05) is 23.7 Å². The quantitative estimate of drug-likeness (QED) is 0.789. The van der Waals surface area contributed by atoms with Crippen molar-refractivity contribution in [3.63, 3.8) is 0 Å². The number of carbonyl (C=O) groups is 1. The number of hydrogen-bond donors (Lipinski definition) is 1. The standard InChI is InChI=1S/C20H22ClFN2O3S/c1-14-12-17(21)4-7-19(14)23-20(25)16-8-10-24(11-9-16)28(26,27)13-15-2-5-18(22)6-3-15/h2-7,12,16H,8-11,13H2,1H3,(H,23,25). The van der Waals surface area contributed by atoms with Crippen LogP contribution in [0.1, 0.15) is 24.0 Å². The fourth-order valence-corrected chi connectivity index (χ4v) is 5.07. The highest BCUT2D eigenvalue weighted by Gasteiger charge is 2.31. The number of hydrogen-bond acceptors (Lipinski definition) is 3. The Hall–Kier alpha value is -1.96. The van der Waals surface area contributed by atoms with Gasteiger partial charge in [0, 0.05) is 29.7 Å². The van der Waals surface area contributed by atoms with Gasteiger partial charge in [0.15, 0.2) is 0 Å². The lowest BCUT2D eigenvalue weighted by molar-refractivity contribution is -0.120. The topological polar surface area (TPSA) is 66.5 Å². The average molecular weight is 425 g/mol. The summed E-state index contributed by atoms with van der Waals surface area (Å²) < 4.78 is 39.6. The summed E-state index contributed by atoms with van der Waals surface area (Å²) in [5.41, 5.74) is 2.13. The molecule has 0 radical (unpaired) electrons. The molecule has 1 heterocycles. The fraction of sp³-hybridized carbons (Fsp3) is 0.350. The van der Waals surface area contributed by atoms with Crippen LogP contribution >= 0.6 is 11.6 Å². The molecule has 0 saturated carbocycles. The highest BCUT2D eigenvalue weighted by molar-refractivity contribution is 7.88. The number of benzene rings is 2. The van der Waals surface area contributed by atoms with E-state index in [0.717, 1.165) is 5.56 Å². The van der Waals surface area contributed by atoms with Gasteiger partial charge in [-0.3, -0.25) is 4.79 Å². The van der Waals surface area contributed by atoms with Gasteiger partial charge in [-0.05, 0) is 61.2 Å². The van der Waals surface area contributed by atoms with Crippen LogP contribution in [0.5, 0.6) is 0 Å². The highest BCUT2D eigenvalue weighted by Crippen LogP contribution is 2.25. The van der Waals surface area contributed by atoms with E-state index in [2.05, 4.69) is 5.32 Å². The van der Waals surface area contributed by atoms with Crippen LogP contribution in [0.2, 0.25) is 5.02 Å². The molecule has 8 heteroatoms. The van der Waals surface area contributed by atoms with Crippen molar-refractivity contribution in [3.05, 3.63) is 64.4 Å². The smallest absolute Gasteiger partial charge is 0.227 e. The Labute approximate surface area is 169 Å². The number of rotatable bonds is 5. The second-order valence-corrected chi connectivity index (χ2v) is 9.41. The zero-order valence-corrected chi connectivity index (χ0v) is 17.1. The summed E-state index contributed by atoms with van der Waals surface area (Å²) in [6, 6.07) is 10.7. The van der Waals surface area contributed by atoms with E-state index in [9.17, 15) is 17.6 Å².